The molecule has 6 heteroatoms. The van der Waals surface area contributed by atoms with Gasteiger partial charge in [0.25, 0.3) is 11.6 Å². The van der Waals surface area contributed by atoms with E-state index in [1.807, 2.05) is 4.90 Å². The highest BCUT2D eigenvalue weighted by Crippen LogP contribution is 2.31. The number of nitro groups is 1. The van der Waals surface area contributed by atoms with Gasteiger partial charge in [0.2, 0.25) is 0 Å². The lowest BCUT2D eigenvalue weighted by Gasteiger charge is -2.30. The molecule has 0 radical (unpaired) electrons. The van der Waals surface area contributed by atoms with Gasteiger partial charge in [-0.25, -0.2) is 0 Å². The van der Waals surface area contributed by atoms with Crippen LogP contribution in [0.25, 0.3) is 0 Å². The molecule has 2 rings (SSSR count). The predicted molar refractivity (Wildman–Crippen MR) is 83.8 cm³/mol. The number of aromatic nitrogens is 1. The first-order chi connectivity index (χ1) is 10.2. The molecule has 1 aliphatic heterocycles. The summed E-state index contributed by atoms with van der Waals surface area (Å²) < 4.78 is 0. The standard InChI is InChI=1S/C16H23N3O3/c1-11-14(8-13(10-17-11)19(21)22)15(20)18-7-5-6-12(18)9-16(2,3)4/h8,10,12H,5-7,9H2,1-4H3/t12-/m0/s1. The summed E-state index contributed by atoms with van der Waals surface area (Å²) in [5.41, 5.74) is 0.885. The van der Waals surface area contributed by atoms with Gasteiger partial charge in [-0.1, -0.05) is 20.8 Å². The maximum atomic E-state index is 12.8. The third kappa shape index (κ3) is 3.61. The van der Waals surface area contributed by atoms with Crippen LogP contribution in [-0.2, 0) is 0 Å². The normalized spacial score (nSPS) is 18.5. The maximum Gasteiger partial charge on any atom is 0.288 e. The molecule has 2 heterocycles. The van der Waals surface area contributed by atoms with Gasteiger partial charge in [-0.05, 0) is 31.6 Å². The van der Waals surface area contributed by atoms with Crippen molar-refractivity contribution in [2.75, 3.05) is 6.54 Å². The fraction of sp³-hybridized carbons (Fsp3) is 0.625. The summed E-state index contributed by atoms with van der Waals surface area (Å²) in [4.78, 5) is 29.1. The highest BCUT2D eigenvalue weighted by molar-refractivity contribution is 5.96. The summed E-state index contributed by atoms with van der Waals surface area (Å²) in [6, 6.07) is 1.54. The van der Waals surface area contributed by atoms with Crippen LogP contribution in [0.15, 0.2) is 12.3 Å². The van der Waals surface area contributed by atoms with Crippen LogP contribution in [0.4, 0.5) is 5.69 Å². The number of hydrogen-bond acceptors (Lipinski definition) is 4. The van der Waals surface area contributed by atoms with E-state index in [2.05, 4.69) is 25.8 Å². The Kier molecular flexibility index (Phi) is 4.49. The molecule has 1 aromatic rings. The average Bonchev–Trinajstić information content (AvgIpc) is 2.84. The van der Waals surface area contributed by atoms with E-state index >= 15 is 0 Å². The molecule has 0 bridgehead atoms. The Labute approximate surface area is 130 Å². The molecule has 0 unspecified atom stereocenters. The number of carbonyl (C=O) groups is 1. The second kappa shape index (κ2) is 6.02. The van der Waals surface area contributed by atoms with Crippen LogP contribution in [-0.4, -0.2) is 33.3 Å². The Morgan fingerprint density at radius 1 is 1.50 bits per heavy atom. The summed E-state index contributed by atoms with van der Waals surface area (Å²) in [5.74, 6) is -0.138. The molecule has 120 valence electrons. The molecule has 0 saturated carbocycles. The lowest BCUT2D eigenvalue weighted by molar-refractivity contribution is -0.385. The number of amides is 1. The van der Waals surface area contributed by atoms with E-state index in [0.29, 0.717) is 17.8 Å². The highest BCUT2D eigenvalue weighted by atomic mass is 16.6. The fourth-order valence-corrected chi connectivity index (χ4v) is 3.02. The van der Waals surface area contributed by atoms with Gasteiger partial charge < -0.3 is 4.90 Å². The Bertz CT molecular complexity index is 593. The molecule has 0 aliphatic carbocycles. The lowest BCUT2D eigenvalue weighted by atomic mass is 9.87. The number of aryl methyl sites for hydroxylation is 1. The van der Waals surface area contributed by atoms with E-state index in [4.69, 9.17) is 0 Å². The van der Waals surface area contributed by atoms with Crippen molar-refractivity contribution in [3.8, 4) is 0 Å². The minimum absolute atomic E-state index is 0.138. The van der Waals surface area contributed by atoms with Crippen molar-refractivity contribution in [2.24, 2.45) is 5.41 Å². The summed E-state index contributed by atoms with van der Waals surface area (Å²) in [5, 5.41) is 10.9. The van der Waals surface area contributed by atoms with E-state index in [9.17, 15) is 14.9 Å². The van der Waals surface area contributed by atoms with E-state index in [1.165, 1.54) is 12.3 Å². The van der Waals surface area contributed by atoms with Crippen LogP contribution in [0.1, 0.15) is 56.1 Å². The van der Waals surface area contributed by atoms with E-state index in [1.54, 1.807) is 6.92 Å². The molecule has 6 nitrogen and oxygen atoms in total. The Balaban J connectivity index is 2.27. The molecule has 22 heavy (non-hydrogen) atoms. The third-order valence-corrected chi connectivity index (χ3v) is 4.00. The first-order valence-electron chi connectivity index (χ1n) is 7.61. The molecule has 0 N–H and O–H groups in total. The summed E-state index contributed by atoms with van der Waals surface area (Å²) >= 11 is 0. The van der Waals surface area contributed by atoms with Crippen LogP contribution in [0.5, 0.6) is 0 Å². The van der Waals surface area contributed by atoms with Gasteiger partial charge in [0.05, 0.1) is 16.2 Å². The predicted octanol–water partition coefficient (Wildman–Crippen LogP) is 3.34. The highest BCUT2D eigenvalue weighted by Gasteiger charge is 2.33. The zero-order valence-corrected chi connectivity index (χ0v) is 13.6. The zero-order valence-electron chi connectivity index (χ0n) is 13.6. The van der Waals surface area contributed by atoms with E-state index < -0.39 is 4.92 Å². The van der Waals surface area contributed by atoms with Gasteiger partial charge in [-0.15, -0.1) is 0 Å². The largest absolute Gasteiger partial charge is 0.336 e. The Morgan fingerprint density at radius 3 is 2.77 bits per heavy atom. The summed E-state index contributed by atoms with van der Waals surface area (Å²) in [7, 11) is 0. The quantitative estimate of drug-likeness (QED) is 0.634. The van der Waals surface area contributed by atoms with Crippen molar-refractivity contribution in [2.45, 2.75) is 53.0 Å². The monoisotopic (exact) mass is 305 g/mol. The second-order valence-corrected chi connectivity index (χ2v) is 7.14. The molecule has 1 aliphatic rings. The number of rotatable bonds is 3. The maximum absolute atomic E-state index is 12.8. The number of hydrogen-bond donors (Lipinski definition) is 0. The zero-order chi connectivity index (χ0) is 16.5. The molecule has 1 aromatic heterocycles. The van der Waals surface area contributed by atoms with Crippen molar-refractivity contribution in [3.63, 3.8) is 0 Å². The van der Waals surface area contributed by atoms with Crippen molar-refractivity contribution in [1.29, 1.82) is 0 Å². The third-order valence-electron chi connectivity index (χ3n) is 4.00. The van der Waals surface area contributed by atoms with Gasteiger partial charge >= 0.3 is 0 Å². The number of pyridine rings is 1. The summed E-state index contributed by atoms with van der Waals surface area (Å²) in [6.07, 6.45) is 4.10. The second-order valence-electron chi connectivity index (χ2n) is 7.14. The molecule has 1 fully saturated rings. The van der Waals surface area contributed by atoms with Crippen LogP contribution >= 0.6 is 0 Å². The van der Waals surface area contributed by atoms with Crippen LogP contribution in [0, 0.1) is 22.5 Å². The van der Waals surface area contributed by atoms with E-state index in [-0.39, 0.29) is 23.1 Å². The van der Waals surface area contributed by atoms with Crippen molar-refractivity contribution in [1.82, 2.24) is 9.88 Å². The molecule has 1 atom stereocenters. The summed E-state index contributed by atoms with van der Waals surface area (Å²) in [6.45, 7) is 8.91. The molecular weight excluding hydrogens is 282 g/mol. The first kappa shape index (κ1) is 16.4. The molecule has 0 spiro atoms. The Morgan fingerprint density at radius 2 is 2.18 bits per heavy atom. The van der Waals surface area contributed by atoms with E-state index in [0.717, 1.165) is 19.3 Å². The number of likely N-dealkylation sites (tertiary alicyclic amines) is 1. The molecule has 1 amide bonds. The molecular formula is C16H23N3O3. The van der Waals surface area contributed by atoms with Gasteiger partial charge in [-0.3, -0.25) is 19.9 Å². The lowest BCUT2D eigenvalue weighted by Crippen LogP contribution is -2.38. The molecule has 0 aromatic carbocycles. The van der Waals surface area contributed by atoms with Crippen LogP contribution in [0.2, 0.25) is 0 Å². The van der Waals surface area contributed by atoms with Gasteiger partial charge in [-0.2, -0.15) is 0 Å². The van der Waals surface area contributed by atoms with Gasteiger partial charge in [0.15, 0.2) is 0 Å². The number of carbonyl (C=O) groups excluding carboxylic acids is 1. The van der Waals surface area contributed by atoms with Gasteiger partial charge in [0.1, 0.15) is 6.20 Å². The fourth-order valence-electron chi connectivity index (χ4n) is 3.02. The van der Waals surface area contributed by atoms with Crippen LogP contribution < -0.4 is 0 Å². The first-order valence-corrected chi connectivity index (χ1v) is 7.61. The smallest absolute Gasteiger partial charge is 0.288 e. The Hall–Kier alpha value is -1.98. The molecule has 1 saturated heterocycles. The topological polar surface area (TPSA) is 76.3 Å². The van der Waals surface area contributed by atoms with Crippen molar-refractivity contribution < 1.29 is 9.72 Å². The SMILES string of the molecule is Cc1ncc([N+](=O)[O-])cc1C(=O)N1CCC[C@H]1CC(C)(C)C. The number of nitrogens with zero attached hydrogens (tertiary/aromatic N) is 3. The van der Waals surface area contributed by atoms with Crippen LogP contribution in [0.3, 0.4) is 0 Å². The van der Waals surface area contributed by atoms with Crippen molar-refractivity contribution in [3.05, 3.63) is 33.6 Å². The minimum Gasteiger partial charge on any atom is -0.336 e. The average molecular weight is 305 g/mol. The minimum atomic E-state index is -0.514. The van der Waals surface area contributed by atoms with Crippen molar-refractivity contribution >= 4 is 11.6 Å². The van der Waals surface area contributed by atoms with Gasteiger partial charge in [0, 0.05) is 18.7 Å².